The van der Waals surface area contributed by atoms with Gasteiger partial charge in [0.15, 0.2) is 0 Å². The van der Waals surface area contributed by atoms with E-state index in [-0.39, 0.29) is 24.8 Å². The van der Waals surface area contributed by atoms with E-state index >= 15 is 0 Å². The van der Waals surface area contributed by atoms with Crippen molar-refractivity contribution < 1.29 is 14.3 Å². The molecule has 6 heteroatoms. The maximum Gasteiger partial charge on any atom is 0.251 e. The molecular formula is C21H23ClN2O3. The number of carbonyl (C=O) groups excluding carboxylic acids is 2. The first kappa shape index (κ1) is 19.4. The van der Waals surface area contributed by atoms with E-state index < -0.39 is 0 Å². The second-order valence-electron chi connectivity index (χ2n) is 6.72. The first-order valence-corrected chi connectivity index (χ1v) is 9.48. The fraction of sp³-hybridized carbons (Fsp3) is 0.333. The van der Waals surface area contributed by atoms with Crippen LogP contribution in [0.1, 0.15) is 35.2 Å². The zero-order valence-electron chi connectivity index (χ0n) is 15.0. The largest absolute Gasteiger partial charge is 0.376 e. The molecule has 0 saturated heterocycles. The quantitative estimate of drug-likeness (QED) is 0.683. The summed E-state index contributed by atoms with van der Waals surface area (Å²) in [5, 5.41) is 6.15. The topological polar surface area (TPSA) is 67.4 Å². The fourth-order valence-corrected chi connectivity index (χ4v) is 2.71. The van der Waals surface area contributed by atoms with Gasteiger partial charge in [-0.3, -0.25) is 9.59 Å². The van der Waals surface area contributed by atoms with Gasteiger partial charge in [-0.15, -0.1) is 0 Å². The van der Waals surface area contributed by atoms with Crippen LogP contribution < -0.4 is 10.6 Å². The van der Waals surface area contributed by atoms with Gasteiger partial charge >= 0.3 is 0 Å². The number of rotatable bonds is 9. The zero-order valence-corrected chi connectivity index (χ0v) is 15.8. The van der Waals surface area contributed by atoms with Gasteiger partial charge < -0.3 is 15.4 Å². The Bertz CT molecular complexity index is 788. The van der Waals surface area contributed by atoms with Crippen LogP contribution in [0.4, 0.5) is 5.69 Å². The molecule has 2 aromatic rings. The van der Waals surface area contributed by atoms with E-state index in [4.69, 9.17) is 16.3 Å². The van der Waals surface area contributed by atoms with Gasteiger partial charge in [0.2, 0.25) is 5.91 Å². The van der Waals surface area contributed by atoms with E-state index in [1.165, 1.54) is 12.8 Å². The number of anilines is 1. The van der Waals surface area contributed by atoms with Crippen LogP contribution in [0.2, 0.25) is 5.02 Å². The lowest BCUT2D eigenvalue weighted by molar-refractivity contribution is -0.116. The molecule has 2 amide bonds. The normalized spacial score (nSPS) is 13.2. The Kier molecular flexibility index (Phi) is 6.85. The number of nitrogens with one attached hydrogen (secondary N) is 2. The Morgan fingerprint density at radius 2 is 1.89 bits per heavy atom. The lowest BCUT2D eigenvalue weighted by atomic mass is 10.2. The Morgan fingerprint density at radius 1 is 1.11 bits per heavy atom. The molecule has 1 fully saturated rings. The minimum absolute atomic E-state index is 0.151. The van der Waals surface area contributed by atoms with Crippen molar-refractivity contribution in [3.63, 3.8) is 0 Å². The van der Waals surface area contributed by atoms with Crippen LogP contribution in [0.15, 0.2) is 48.5 Å². The number of hydrogen-bond donors (Lipinski definition) is 2. The molecule has 0 spiro atoms. The van der Waals surface area contributed by atoms with E-state index in [2.05, 4.69) is 10.6 Å². The molecule has 1 aliphatic rings. The van der Waals surface area contributed by atoms with Crippen molar-refractivity contribution >= 4 is 29.1 Å². The van der Waals surface area contributed by atoms with Gasteiger partial charge in [0, 0.05) is 35.8 Å². The zero-order chi connectivity index (χ0) is 19.1. The van der Waals surface area contributed by atoms with Gasteiger partial charge in [-0.2, -0.15) is 0 Å². The number of hydrogen-bond acceptors (Lipinski definition) is 3. The van der Waals surface area contributed by atoms with Crippen LogP contribution in [0.5, 0.6) is 0 Å². The summed E-state index contributed by atoms with van der Waals surface area (Å²) in [5.41, 5.74) is 2.28. The van der Waals surface area contributed by atoms with Crippen molar-refractivity contribution in [2.24, 2.45) is 5.92 Å². The SMILES string of the molecule is O=C(CCNC(=O)c1ccc(Cl)cc1)Nc1cccc(COCC2CC2)c1. The summed E-state index contributed by atoms with van der Waals surface area (Å²) in [5.74, 6) is 0.354. The Hall–Kier alpha value is -2.37. The highest BCUT2D eigenvalue weighted by atomic mass is 35.5. The third-order valence-electron chi connectivity index (χ3n) is 4.27. The smallest absolute Gasteiger partial charge is 0.251 e. The van der Waals surface area contributed by atoms with Gasteiger partial charge in [0.1, 0.15) is 0 Å². The molecule has 0 radical (unpaired) electrons. The van der Waals surface area contributed by atoms with Gasteiger partial charge in [-0.05, 0) is 60.7 Å². The van der Waals surface area contributed by atoms with Crippen molar-refractivity contribution in [2.45, 2.75) is 25.9 Å². The third kappa shape index (κ3) is 6.70. The summed E-state index contributed by atoms with van der Waals surface area (Å²) in [6, 6.07) is 14.2. The van der Waals surface area contributed by atoms with Gasteiger partial charge in [0.25, 0.3) is 5.91 Å². The van der Waals surface area contributed by atoms with Crippen LogP contribution in [-0.2, 0) is 16.1 Å². The van der Waals surface area contributed by atoms with Gasteiger partial charge in [-0.25, -0.2) is 0 Å². The average Bonchev–Trinajstić information content (AvgIpc) is 3.47. The van der Waals surface area contributed by atoms with Crippen LogP contribution in [-0.4, -0.2) is 25.0 Å². The highest BCUT2D eigenvalue weighted by molar-refractivity contribution is 6.30. The molecule has 3 rings (SSSR count). The van der Waals surface area contributed by atoms with Crippen molar-refractivity contribution in [1.29, 1.82) is 0 Å². The Balaban J connectivity index is 1.39. The van der Waals surface area contributed by atoms with E-state index in [1.807, 2.05) is 24.3 Å². The first-order chi connectivity index (χ1) is 13.1. The predicted octanol–water partition coefficient (Wildman–Crippen LogP) is 4.03. The minimum atomic E-state index is -0.228. The molecule has 1 saturated carbocycles. The van der Waals surface area contributed by atoms with Crippen molar-refractivity contribution in [2.75, 3.05) is 18.5 Å². The maximum atomic E-state index is 12.1. The molecular weight excluding hydrogens is 364 g/mol. The van der Waals surface area contributed by atoms with Crippen molar-refractivity contribution in [3.05, 3.63) is 64.7 Å². The molecule has 5 nitrogen and oxygen atoms in total. The minimum Gasteiger partial charge on any atom is -0.376 e. The van der Waals surface area contributed by atoms with E-state index in [1.54, 1.807) is 24.3 Å². The molecule has 0 aromatic heterocycles. The molecule has 2 N–H and O–H groups in total. The number of ether oxygens (including phenoxy) is 1. The Morgan fingerprint density at radius 3 is 2.63 bits per heavy atom. The average molecular weight is 387 g/mol. The summed E-state index contributed by atoms with van der Waals surface area (Å²) in [4.78, 5) is 24.1. The van der Waals surface area contributed by atoms with Crippen molar-refractivity contribution in [1.82, 2.24) is 5.32 Å². The standard InChI is InChI=1S/C21H23ClN2O3/c22-18-8-6-17(7-9-18)21(26)23-11-10-20(25)24-19-3-1-2-16(12-19)14-27-13-15-4-5-15/h1-3,6-9,12,15H,4-5,10-11,13-14H2,(H,23,26)(H,24,25). The molecule has 0 atom stereocenters. The molecule has 2 aromatic carbocycles. The highest BCUT2D eigenvalue weighted by Crippen LogP contribution is 2.29. The third-order valence-corrected chi connectivity index (χ3v) is 4.53. The summed E-state index contributed by atoms with van der Waals surface area (Å²) >= 11 is 5.80. The van der Waals surface area contributed by atoms with E-state index in [0.29, 0.717) is 17.2 Å². The number of carbonyl (C=O) groups is 2. The molecule has 0 heterocycles. The van der Waals surface area contributed by atoms with Gasteiger partial charge in [0.05, 0.1) is 6.61 Å². The van der Waals surface area contributed by atoms with Crippen LogP contribution in [0, 0.1) is 5.92 Å². The number of halogens is 1. The van der Waals surface area contributed by atoms with Crippen LogP contribution >= 0.6 is 11.6 Å². The fourth-order valence-electron chi connectivity index (χ4n) is 2.58. The summed E-state index contributed by atoms with van der Waals surface area (Å²) < 4.78 is 5.68. The molecule has 142 valence electrons. The molecule has 0 unspecified atom stereocenters. The highest BCUT2D eigenvalue weighted by Gasteiger charge is 2.21. The maximum absolute atomic E-state index is 12.1. The van der Waals surface area contributed by atoms with E-state index in [0.717, 1.165) is 23.8 Å². The lowest BCUT2D eigenvalue weighted by Crippen LogP contribution is -2.27. The summed E-state index contributed by atoms with van der Waals surface area (Å²) in [6.45, 7) is 1.62. The number of benzene rings is 2. The molecule has 0 aliphatic heterocycles. The summed E-state index contributed by atoms with van der Waals surface area (Å²) in [6.07, 6.45) is 2.73. The van der Waals surface area contributed by atoms with Crippen LogP contribution in [0.3, 0.4) is 0 Å². The number of amides is 2. The lowest BCUT2D eigenvalue weighted by Gasteiger charge is -2.09. The molecule has 1 aliphatic carbocycles. The second kappa shape index (κ2) is 9.53. The summed E-state index contributed by atoms with van der Waals surface area (Å²) in [7, 11) is 0. The molecule has 0 bridgehead atoms. The Labute approximate surface area is 164 Å². The first-order valence-electron chi connectivity index (χ1n) is 9.10. The van der Waals surface area contributed by atoms with E-state index in [9.17, 15) is 9.59 Å². The predicted molar refractivity (Wildman–Crippen MR) is 106 cm³/mol. The van der Waals surface area contributed by atoms with Gasteiger partial charge in [-0.1, -0.05) is 23.7 Å². The van der Waals surface area contributed by atoms with Crippen molar-refractivity contribution in [3.8, 4) is 0 Å². The monoisotopic (exact) mass is 386 g/mol. The van der Waals surface area contributed by atoms with Crippen LogP contribution in [0.25, 0.3) is 0 Å². The molecule has 27 heavy (non-hydrogen) atoms. The second-order valence-corrected chi connectivity index (χ2v) is 7.16.